The molecule has 1 aliphatic carbocycles. The highest BCUT2D eigenvalue weighted by molar-refractivity contribution is 5.99. The second-order valence-electron chi connectivity index (χ2n) is 11.0. The zero-order chi connectivity index (χ0) is 25.7. The van der Waals surface area contributed by atoms with Crippen LogP contribution in [-0.2, 0) is 14.3 Å². The summed E-state index contributed by atoms with van der Waals surface area (Å²) >= 11 is 0. The van der Waals surface area contributed by atoms with Crippen molar-refractivity contribution in [2.45, 2.75) is 76.6 Å². The van der Waals surface area contributed by atoms with Gasteiger partial charge in [-0.05, 0) is 52.5 Å². The van der Waals surface area contributed by atoms with Gasteiger partial charge in [-0.1, -0.05) is 0 Å². The molecule has 1 unspecified atom stereocenters. The molecule has 1 aromatic carbocycles. The van der Waals surface area contributed by atoms with Crippen molar-refractivity contribution in [3.05, 3.63) is 29.3 Å². The number of nitrogens with one attached hydrogen (secondary N) is 1. The lowest BCUT2D eigenvalue weighted by Crippen LogP contribution is -2.55. The molecule has 0 aromatic heterocycles. The largest absolute Gasteiger partial charge is 0.484 e. The van der Waals surface area contributed by atoms with Gasteiger partial charge in [0.2, 0.25) is 11.8 Å². The molecule has 3 N–H and O–H groups in total. The SMILES string of the molecule is COCC[C@@H]([C@@H]1C[C@H]1C(=O)NC1CC(C)(C)Oc2c(F)cc(F)cc21)N1C(=O)CC(C)(C)N=C1N. The Morgan fingerprint density at radius 2 is 2.06 bits per heavy atom. The molecule has 2 amide bonds. The van der Waals surface area contributed by atoms with E-state index >= 15 is 0 Å². The third-order valence-corrected chi connectivity index (χ3v) is 6.94. The average molecular weight is 493 g/mol. The fourth-order valence-corrected chi connectivity index (χ4v) is 5.33. The van der Waals surface area contributed by atoms with Crippen molar-refractivity contribution in [1.82, 2.24) is 10.2 Å². The van der Waals surface area contributed by atoms with Crippen LogP contribution in [0.2, 0.25) is 0 Å². The quantitative estimate of drug-likeness (QED) is 0.609. The van der Waals surface area contributed by atoms with Gasteiger partial charge in [0.15, 0.2) is 17.5 Å². The Kier molecular flexibility index (Phi) is 6.54. The maximum atomic E-state index is 14.4. The Morgan fingerprint density at radius 1 is 1.34 bits per heavy atom. The first-order chi connectivity index (χ1) is 16.3. The van der Waals surface area contributed by atoms with Gasteiger partial charge in [-0.3, -0.25) is 14.5 Å². The number of benzene rings is 1. The average Bonchev–Trinajstić information content (AvgIpc) is 3.50. The molecule has 192 valence electrons. The molecule has 35 heavy (non-hydrogen) atoms. The third kappa shape index (κ3) is 5.27. The lowest BCUT2D eigenvalue weighted by atomic mass is 9.89. The summed E-state index contributed by atoms with van der Waals surface area (Å²) in [4.78, 5) is 32.2. The van der Waals surface area contributed by atoms with Crippen LogP contribution in [0.4, 0.5) is 8.78 Å². The Labute approximate surface area is 204 Å². The number of aliphatic imine (C=N–C) groups is 1. The molecule has 3 aliphatic rings. The van der Waals surface area contributed by atoms with Gasteiger partial charge in [0.1, 0.15) is 11.4 Å². The van der Waals surface area contributed by atoms with Crippen molar-refractivity contribution >= 4 is 17.8 Å². The predicted octanol–water partition coefficient (Wildman–Crippen LogP) is 3.05. The molecule has 10 heteroatoms. The van der Waals surface area contributed by atoms with Gasteiger partial charge < -0.3 is 20.5 Å². The molecular weight excluding hydrogens is 458 g/mol. The molecular formula is C25H34F2N4O4. The van der Waals surface area contributed by atoms with E-state index in [9.17, 15) is 18.4 Å². The minimum Gasteiger partial charge on any atom is -0.484 e. The number of carbonyl (C=O) groups excluding carboxylic acids is 2. The fraction of sp³-hybridized carbons (Fsp3) is 0.640. The summed E-state index contributed by atoms with van der Waals surface area (Å²) < 4.78 is 39.4. The van der Waals surface area contributed by atoms with Crippen molar-refractivity contribution in [3.63, 3.8) is 0 Å². The molecule has 4 atom stereocenters. The van der Waals surface area contributed by atoms with E-state index in [-0.39, 0.29) is 53.4 Å². The first-order valence-electron chi connectivity index (χ1n) is 12.0. The Morgan fingerprint density at radius 3 is 2.71 bits per heavy atom. The number of halogens is 2. The summed E-state index contributed by atoms with van der Waals surface area (Å²) in [6, 6.07) is 1.05. The van der Waals surface area contributed by atoms with E-state index < -0.39 is 28.8 Å². The standard InChI is InChI=1S/C25H34F2N4O4/c1-24(2)12-20(32)31(23(28)30-24)19(6-7-34-5)14-10-15(14)22(33)29-18-11-25(3,4)35-21-16(18)8-13(26)9-17(21)27/h8-9,14-15,18-19H,6-7,10-12H2,1-5H3,(H2,28,30)(H,29,33)/t14-,15-,18?,19+/m1/s1. The number of amides is 2. The monoisotopic (exact) mass is 492 g/mol. The number of fused-ring (bicyclic) bond motifs is 1. The summed E-state index contributed by atoms with van der Waals surface area (Å²) in [5.41, 5.74) is 5.16. The van der Waals surface area contributed by atoms with E-state index in [1.807, 2.05) is 13.8 Å². The number of ether oxygens (including phenoxy) is 2. The first kappa shape index (κ1) is 25.3. The summed E-state index contributed by atoms with van der Waals surface area (Å²) in [6.45, 7) is 7.70. The van der Waals surface area contributed by atoms with Crippen LogP contribution in [0.3, 0.4) is 0 Å². The minimum atomic E-state index is -0.794. The van der Waals surface area contributed by atoms with Gasteiger partial charge in [0.25, 0.3) is 0 Å². The molecule has 8 nitrogen and oxygen atoms in total. The number of methoxy groups -OCH3 is 1. The lowest BCUT2D eigenvalue weighted by molar-refractivity contribution is -0.132. The summed E-state index contributed by atoms with van der Waals surface area (Å²) in [6.07, 6.45) is 1.67. The summed E-state index contributed by atoms with van der Waals surface area (Å²) in [5.74, 6) is -2.24. The molecule has 2 aliphatic heterocycles. The van der Waals surface area contributed by atoms with Crippen molar-refractivity contribution in [1.29, 1.82) is 0 Å². The molecule has 1 fully saturated rings. The van der Waals surface area contributed by atoms with E-state index in [0.717, 1.165) is 6.07 Å². The van der Waals surface area contributed by atoms with E-state index in [4.69, 9.17) is 15.2 Å². The molecule has 0 bridgehead atoms. The number of hydrogen-bond acceptors (Lipinski definition) is 6. The third-order valence-electron chi connectivity index (χ3n) is 6.94. The zero-order valence-electron chi connectivity index (χ0n) is 20.9. The number of hydrogen-bond donors (Lipinski definition) is 2. The van der Waals surface area contributed by atoms with Crippen LogP contribution < -0.4 is 15.8 Å². The first-order valence-corrected chi connectivity index (χ1v) is 12.0. The number of rotatable bonds is 7. The Balaban J connectivity index is 1.53. The fourth-order valence-electron chi connectivity index (χ4n) is 5.33. The zero-order valence-corrected chi connectivity index (χ0v) is 20.9. The second-order valence-corrected chi connectivity index (χ2v) is 11.0. The van der Waals surface area contributed by atoms with Crippen LogP contribution in [0.15, 0.2) is 17.1 Å². The van der Waals surface area contributed by atoms with Crippen LogP contribution in [0.1, 0.15) is 65.0 Å². The topological polar surface area (TPSA) is 106 Å². The highest BCUT2D eigenvalue weighted by Crippen LogP contribution is 2.47. The smallest absolute Gasteiger partial charge is 0.231 e. The number of nitrogens with zero attached hydrogens (tertiary/aromatic N) is 2. The van der Waals surface area contributed by atoms with E-state index in [1.54, 1.807) is 21.0 Å². The number of guanidine groups is 1. The normalized spacial score (nSPS) is 27.4. The van der Waals surface area contributed by atoms with Crippen LogP contribution in [0.25, 0.3) is 0 Å². The van der Waals surface area contributed by atoms with Crippen LogP contribution in [-0.4, -0.2) is 53.6 Å². The van der Waals surface area contributed by atoms with Crippen molar-refractivity contribution in [2.75, 3.05) is 13.7 Å². The molecule has 2 heterocycles. The number of carbonyl (C=O) groups is 2. The van der Waals surface area contributed by atoms with Gasteiger partial charge in [-0.2, -0.15) is 0 Å². The molecule has 1 saturated carbocycles. The molecule has 0 saturated heterocycles. The highest BCUT2D eigenvalue weighted by Gasteiger charge is 2.52. The van der Waals surface area contributed by atoms with Gasteiger partial charge in [-0.15, -0.1) is 0 Å². The van der Waals surface area contributed by atoms with Gasteiger partial charge in [0.05, 0.1) is 18.0 Å². The van der Waals surface area contributed by atoms with E-state index in [0.29, 0.717) is 25.9 Å². The van der Waals surface area contributed by atoms with Crippen LogP contribution in [0, 0.1) is 23.5 Å². The Hall–Kier alpha value is -2.75. The Bertz CT molecular complexity index is 1060. The van der Waals surface area contributed by atoms with Crippen molar-refractivity contribution in [2.24, 2.45) is 22.6 Å². The van der Waals surface area contributed by atoms with Crippen LogP contribution >= 0.6 is 0 Å². The molecule has 0 spiro atoms. The summed E-state index contributed by atoms with van der Waals surface area (Å²) in [5, 5.41) is 2.98. The maximum Gasteiger partial charge on any atom is 0.231 e. The lowest BCUT2D eigenvalue weighted by Gasteiger charge is -2.38. The van der Waals surface area contributed by atoms with E-state index in [1.165, 1.54) is 11.0 Å². The number of nitrogens with two attached hydrogens (primary N) is 1. The van der Waals surface area contributed by atoms with Crippen molar-refractivity contribution in [3.8, 4) is 5.75 Å². The van der Waals surface area contributed by atoms with Gasteiger partial charge >= 0.3 is 0 Å². The summed E-state index contributed by atoms with van der Waals surface area (Å²) in [7, 11) is 1.58. The van der Waals surface area contributed by atoms with Gasteiger partial charge in [0, 0.05) is 43.7 Å². The predicted molar refractivity (Wildman–Crippen MR) is 126 cm³/mol. The maximum absolute atomic E-state index is 14.4. The van der Waals surface area contributed by atoms with Gasteiger partial charge in [-0.25, -0.2) is 13.8 Å². The second kappa shape index (κ2) is 9.04. The molecule has 4 rings (SSSR count). The minimum absolute atomic E-state index is 0.0382. The highest BCUT2D eigenvalue weighted by atomic mass is 19.1. The molecule has 1 aromatic rings. The molecule has 0 radical (unpaired) electrons. The van der Waals surface area contributed by atoms with E-state index in [2.05, 4.69) is 10.3 Å². The van der Waals surface area contributed by atoms with Crippen molar-refractivity contribution < 1.29 is 27.8 Å². The van der Waals surface area contributed by atoms with Crippen LogP contribution in [0.5, 0.6) is 5.75 Å².